The number of pyridine rings is 3. The van der Waals surface area contributed by atoms with Crippen LogP contribution in [0.25, 0.3) is 0 Å². The van der Waals surface area contributed by atoms with E-state index in [1.165, 1.54) is 132 Å². The average Bonchev–Trinajstić information content (AvgIpc) is 2.96. The molecule has 3 aromatic heterocycles. The minimum Gasteiger partial charge on any atom is -0.205 e. The van der Waals surface area contributed by atoms with Crippen molar-refractivity contribution < 1.29 is 13.7 Å². The largest absolute Gasteiger partial charge is 0.205 e. The van der Waals surface area contributed by atoms with E-state index in [1.807, 2.05) is 0 Å². The highest BCUT2D eigenvalue weighted by Crippen LogP contribution is 2.11. The molecule has 0 N–H and O–H groups in total. The van der Waals surface area contributed by atoms with Gasteiger partial charge in [-0.3, -0.25) is 0 Å². The Morgan fingerprint density at radius 2 is 0.615 bits per heavy atom. The van der Waals surface area contributed by atoms with E-state index in [-0.39, 0.29) is 0 Å². The topological polar surface area (TPSA) is 11.6 Å². The Hall–Kier alpha value is -2.55. The number of hydrogen-bond donors (Lipinski definition) is 0. The molecule has 210 valence electrons. The Labute approximate surface area is 238 Å². The molecule has 0 aromatic carbocycles. The molecule has 1 aliphatic rings. The third-order valence-electron chi connectivity index (χ3n) is 8.40. The van der Waals surface area contributed by atoms with E-state index in [2.05, 4.69) is 87.3 Å². The van der Waals surface area contributed by atoms with Crippen molar-refractivity contribution in [1.29, 1.82) is 0 Å². The van der Waals surface area contributed by atoms with Crippen molar-refractivity contribution in [2.45, 2.75) is 135 Å². The first-order valence-corrected chi connectivity index (χ1v) is 16.3. The summed E-state index contributed by atoms with van der Waals surface area (Å²) in [4.78, 5) is 0. The lowest BCUT2D eigenvalue weighted by molar-refractivity contribution is -0.697. The van der Waals surface area contributed by atoms with E-state index in [1.54, 1.807) is 0 Å². The van der Waals surface area contributed by atoms with Crippen LogP contribution in [0.3, 0.4) is 0 Å². The van der Waals surface area contributed by atoms with Crippen LogP contribution in [-0.2, 0) is 38.9 Å². The molecule has 3 heteroatoms. The third-order valence-corrected chi connectivity index (χ3v) is 8.40. The number of aromatic nitrogens is 3. The van der Waals surface area contributed by atoms with Crippen molar-refractivity contribution in [3.8, 4) is 0 Å². The predicted molar refractivity (Wildman–Crippen MR) is 160 cm³/mol. The standard InChI is InChI=1S/C36H54N3/c1-4-10-19-34-22-16-29-38(31-34)26-14-8-3-6-12-21-36-24-18-30-39(33-36)27-15-9-2-5-11-20-35-23-17-28-37(32-35)25-13-7-1/h16-18,22-24,28-33H,1-15,19-21,25-27H2/q+3. The second-order valence-corrected chi connectivity index (χ2v) is 11.9. The summed E-state index contributed by atoms with van der Waals surface area (Å²) in [5.41, 5.74) is 4.51. The Morgan fingerprint density at radius 1 is 0.333 bits per heavy atom. The Kier molecular flexibility index (Phi) is 13.5. The van der Waals surface area contributed by atoms with Gasteiger partial charge in [-0.15, -0.1) is 0 Å². The summed E-state index contributed by atoms with van der Waals surface area (Å²) >= 11 is 0. The molecule has 0 aliphatic carbocycles. The van der Waals surface area contributed by atoms with Gasteiger partial charge in [-0.1, -0.05) is 38.5 Å². The highest BCUT2D eigenvalue weighted by molar-refractivity contribution is 5.06. The highest BCUT2D eigenvalue weighted by Gasteiger charge is 2.07. The molecule has 0 unspecified atom stereocenters. The molecule has 4 rings (SSSR count). The maximum Gasteiger partial charge on any atom is 0.171 e. The number of hydrogen-bond acceptors (Lipinski definition) is 0. The molecule has 39 heavy (non-hydrogen) atoms. The minimum absolute atomic E-state index is 1.16. The van der Waals surface area contributed by atoms with Gasteiger partial charge in [0.05, 0.1) is 0 Å². The van der Waals surface area contributed by atoms with Gasteiger partial charge in [0.15, 0.2) is 37.2 Å². The first kappa shape index (κ1) is 29.4. The number of nitrogens with zero attached hydrogens (tertiary/aromatic N) is 3. The van der Waals surface area contributed by atoms with Crippen LogP contribution in [0, 0.1) is 0 Å². The van der Waals surface area contributed by atoms with Gasteiger partial charge < -0.3 is 0 Å². The van der Waals surface area contributed by atoms with Gasteiger partial charge in [0, 0.05) is 54.2 Å². The molecule has 3 aromatic rings. The fourth-order valence-corrected chi connectivity index (χ4v) is 6.05. The first-order valence-electron chi connectivity index (χ1n) is 16.3. The minimum atomic E-state index is 1.16. The second kappa shape index (κ2) is 17.9. The van der Waals surface area contributed by atoms with Gasteiger partial charge in [-0.05, 0) is 76.0 Å². The van der Waals surface area contributed by atoms with Gasteiger partial charge in [-0.25, -0.2) is 13.7 Å². The zero-order chi connectivity index (χ0) is 26.8. The fraction of sp³-hybridized carbons (Fsp3) is 0.583. The average molecular weight is 529 g/mol. The second-order valence-electron chi connectivity index (χ2n) is 11.9. The van der Waals surface area contributed by atoms with Crippen molar-refractivity contribution in [2.24, 2.45) is 0 Å². The van der Waals surface area contributed by atoms with Crippen LogP contribution >= 0.6 is 0 Å². The van der Waals surface area contributed by atoms with Crippen molar-refractivity contribution in [3.63, 3.8) is 0 Å². The number of rotatable bonds is 0. The van der Waals surface area contributed by atoms with Crippen LogP contribution in [0.15, 0.2) is 73.6 Å². The zero-order valence-corrected chi connectivity index (χ0v) is 24.6. The van der Waals surface area contributed by atoms with E-state index in [9.17, 15) is 0 Å². The van der Waals surface area contributed by atoms with Gasteiger partial charge >= 0.3 is 0 Å². The molecule has 0 saturated heterocycles. The predicted octanol–water partition coefficient (Wildman–Crippen LogP) is 7.44. The van der Waals surface area contributed by atoms with Crippen LogP contribution in [0.1, 0.15) is 113 Å². The zero-order valence-electron chi connectivity index (χ0n) is 24.6. The van der Waals surface area contributed by atoms with Gasteiger partial charge in [0.2, 0.25) is 0 Å². The molecular weight excluding hydrogens is 474 g/mol. The number of aryl methyl sites for hydroxylation is 6. The molecule has 0 spiro atoms. The summed E-state index contributed by atoms with van der Waals surface area (Å²) in [7, 11) is 0. The molecule has 0 amide bonds. The lowest BCUT2D eigenvalue weighted by atomic mass is 10.1. The van der Waals surface area contributed by atoms with Gasteiger partial charge in [-0.2, -0.15) is 0 Å². The molecule has 4 heterocycles. The molecule has 0 fully saturated rings. The summed E-state index contributed by atoms with van der Waals surface area (Å²) in [6, 6.07) is 13.7. The van der Waals surface area contributed by atoms with Crippen LogP contribution in [0.2, 0.25) is 0 Å². The van der Waals surface area contributed by atoms with Gasteiger partial charge in [0.1, 0.15) is 19.6 Å². The maximum atomic E-state index is 2.42. The SMILES string of the molecule is c1cc2c[n+](c1)CCCCCCCc1ccc[n+](c1)CCCCCCCc1ccc[n+](c1)CCCCCCC2. The van der Waals surface area contributed by atoms with Crippen molar-refractivity contribution in [2.75, 3.05) is 0 Å². The van der Waals surface area contributed by atoms with E-state index >= 15 is 0 Å². The van der Waals surface area contributed by atoms with E-state index in [4.69, 9.17) is 0 Å². The lowest BCUT2D eigenvalue weighted by Crippen LogP contribution is -2.33. The van der Waals surface area contributed by atoms with Crippen LogP contribution in [0.5, 0.6) is 0 Å². The normalized spacial score (nSPS) is 18.2. The Morgan fingerprint density at radius 3 is 0.949 bits per heavy atom. The molecule has 0 atom stereocenters. The summed E-state index contributed by atoms with van der Waals surface area (Å²) in [6.45, 7) is 3.47. The van der Waals surface area contributed by atoms with Crippen LogP contribution in [-0.4, -0.2) is 0 Å². The monoisotopic (exact) mass is 528 g/mol. The summed E-state index contributed by atoms with van der Waals surface area (Å²) in [5, 5.41) is 0. The summed E-state index contributed by atoms with van der Waals surface area (Å²) in [6.07, 6.45) is 37.6. The summed E-state index contributed by atoms with van der Waals surface area (Å²) < 4.78 is 7.26. The molecule has 0 saturated carbocycles. The third kappa shape index (κ3) is 12.0. The van der Waals surface area contributed by atoms with Crippen molar-refractivity contribution in [3.05, 3.63) is 90.3 Å². The first-order chi connectivity index (χ1) is 19.3. The van der Waals surface area contributed by atoms with E-state index < -0.39 is 0 Å². The Balaban J connectivity index is 1.25. The fourth-order valence-electron chi connectivity index (χ4n) is 6.05. The maximum absolute atomic E-state index is 2.42. The Bertz CT molecular complexity index is 870. The smallest absolute Gasteiger partial charge is 0.171 e. The molecule has 6 bridgehead atoms. The van der Waals surface area contributed by atoms with E-state index in [0.717, 1.165) is 19.6 Å². The lowest BCUT2D eigenvalue weighted by Gasteiger charge is -2.05. The molecule has 1 aliphatic heterocycles. The summed E-state index contributed by atoms with van der Waals surface area (Å²) in [5.74, 6) is 0. The molecule has 0 radical (unpaired) electrons. The van der Waals surface area contributed by atoms with E-state index in [0.29, 0.717) is 0 Å². The van der Waals surface area contributed by atoms with Crippen LogP contribution in [0.4, 0.5) is 0 Å². The highest BCUT2D eigenvalue weighted by atomic mass is 14.9. The van der Waals surface area contributed by atoms with Gasteiger partial charge in [0.25, 0.3) is 0 Å². The van der Waals surface area contributed by atoms with Crippen molar-refractivity contribution in [1.82, 2.24) is 0 Å². The van der Waals surface area contributed by atoms with Crippen LogP contribution < -0.4 is 13.7 Å². The molecular formula is C36H54N3+3. The van der Waals surface area contributed by atoms with Crippen molar-refractivity contribution >= 4 is 0 Å². The quantitative estimate of drug-likeness (QED) is 0.269. The molecule has 3 nitrogen and oxygen atoms in total. The number of fused-ring (bicyclic) bond motifs is 6.